The van der Waals surface area contributed by atoms with Crippen LogP contribution in [-0.2, 0) is 9.59 Å². The lowest BCUT2D eigenvalue weighted by Gasteiger charge is -2.19. The fourth-order valence-electron chi connectivity index (χ4n) is 1.33. The van der Waals surface area contributed by atoms with E-state index in [1.807, 2.05) is 0 Å². The van der Waals surface area contributed by atoms with Gasteiger partial charge in [0.2, 0.25) is 0 Å². The third-order valence-corrected chi connectivity index (χ3v) is 1.95. The topological polar surface area (TPSA) is 77.8 Å². The van der Waals surface area contributed by atoms with E-state index in [1.54, 1.807) is 0 Å². The highest BCUT2D eigenvalue weighted by Crippen LogP contribution is 2.14. The second-order valence-electron chi connectivity index (χ2n) is 2.90. The van der Waals surface area contributed by atoms with Gasteiger partial charge in [0.15, 0.2) is 0 Å². The SMILES string of the molecule is CB(O)N1CC(=O)C[C@@H]1C(=O)O. The second kappa shape index (κ2) is 3.24. The summed E-state index contributed by atoms with van der Waals surface area (Å²) in [6, 6.07) is -0.850. The Hall–Kier alpha value is -0.875. The minimum absolute atomic E-state index is 0.000231. The van der Waals surface area contributed by atoms with E-state index in [-0.39, 0.29) is 18.7 Å². The van der Waals surface area contributed by atoms with Crippen molar-refractivity contribution in [2.24, 2.45) is 0 Å². The van der Waals surface area contributed by atoms with Crippen LogP contribution in [0.25, 0.3) is 0 Å². The van der Waals surface area contributed by atoms with Crippen LogP contribution in [0, 0.1) is 0 Å². The average Bonchev–Trinajstić information content (AvgIpc) is 2.31. The maximum absolute atomic E-state index is 10.9. The molecule has 1 rings (SSSR count). The molecule has 0 saturated carbocycles. The van der Waals surface area contributed by atoms with Gasteiger partial charge in [-0.2, -0.15) is 0 Å². The van der Waals surface area contributed by atoms with Crippen LogP contribution in [-0.4, -0.2) is 46.3 Å². The zero-order valence-electron chi connectivity index (χ0n) is 6.73. The molecule has 0 aromatic rings. The van der Waals surface area contributed by atoms with E-state index in [4.69, 9.17) is 10.1 Å². The molecule has 0 spiro atoms. The Morgan fingerprint density at radius 2 is 2.33 bits per heavy atom. The number of carbonyl (C=O) groups excluding carboxylic acids is 1. The van der Waals surface area contributed by atoms with Gasteiger partial charge < -0.3 is 10.1 Å². The highest BCUT2D eigenvalue weighted by atomic mass is 16.4. The third-order valence-electron chi connectivity index (χ3n) is 1.95. The van der Waals surface area contributed by atoms with Crippen molar-refractivity contribution in [2.45, 2.75) is 19.3 Å². The molecule has 0 radical (unpaired) electrons. The van der Waals surface area contributed by atoms with Crippen molar-refractivity contribution in [3.8, 4) is 0 Å². The largest absolute Gasteiger partial charge is 0.480 e. The summed E-state index contributed by atoms with van der Waals surface area (Å²) in [6.07, 6.45) is 0.000231. The first-order valence-corrected chi connectivity index (χ1v) is 3.70. The first kappa shape index (κ1) is 9.21. The maximum atomic E-state index is 10.9. The van der Waals surface area contributed by atoms with Crippen molar-refractivity contribution in [1.82, 2.24) is 4.81 Å². The number of ketones is 1. The molecule has 2 N–H and O–H groups in total. The van der Waals surface area contributed by atoms with Crippen LogP contribution in [0.4, 0.5) is 0 Å². The molecule has 1 aliphatic heterocycles. The van der Waals surface area contributed by atoms with E-state index in [1.165, 1.54) is 11.6 Å². The lowest BCUT2D eigenvalue weighted by Crippen LogP contribution is -2.44. The van der Waals surface area contributed by atoms with Crippen LogP contribution in [0.2, 0.25) is 6.82 Å². The molecule has 1 heterocycles. The van der Waals surface area contributed by atoms with Crippen molar-refractivity contribution in [2.75, 3.05) is 6.54 Å². The fourth-order valence-corrected chi connectivity index (χ4v) is 1.33. The predicted octanol–water partition coefficient (Wildman–Crippen LogP) is -1.18. The van der Waals surface area contributed by atoms with Gasteiger partial charge in [-0.05, 0) is 6.82 Å². The van der Waals surface area contributed by atoms with Gasteiger partial charge in [-0.1, -0.05) is 0 Å². The Morgan fingerprint density at radius 1 is 1.75 bits per heavy atom. The number of rotatable bonds is 2. The summed E-state index contributed by atoms with van der Waals surface area (Å²) in [5.41, 5.74) is 0. The molecule has 12 heavy (non-hydrogen) atoms. The molecular formula is C6H10BNO4. The monoisotopic (exact) mass is 171 g/mol. The Morgan fingerprint density at radius 3 is 2.67 bits per heavy atom. The molecule has 66 valence electrons. The van der Waals surface area contributed by atoms with Crippen molar-refractivity contribution >= 4 is 18.8 Å². The molecule has 1 saturated heterocycles. The number of nitrogens with zero attached hydrogens (tertiary/aromatic N) is 1. The predicted molar refractivity (Wildman–Crippen MR) is 41.6 cm³/mol. The Labute approximate surface area is 70.1 Å². The van der Waals surface area contributed by atoms with E-state index in [9.17, 15) is 9.59 Å². The van der Waals surface area contributed by atoms with E-state index in [0.29, 0.717) is 0 Å². The van der Waals surface area contributed by atoms with Crippen LogP contribution >= 0.6 is 0 Å². The molecule has 1 aliphatic rings. The molecule has 0 aromatic carbocycles. The lowest BCUT2D eigenvalue weighted by atomic mass is 9.84. The second-order valence-corrected chi connectivity index (χ2v) is 2.90. The Bertz CT molecular complexity index is 218. The van der Waals surface area contributed by atoms with Gasteiger partial charge >= 0.3 is 13.0 Å². The Kier molecular flexibility index (Phi) is 2.49. The summed E-state index contributed by atoms with van der Waals surface area (Å²) in [5.74, 6) is -1.19. The summed E-state index contributed by atoms with van der Waals surface area (Å²) in [6.45, 7) is 1.49. The van der Waals surface area contributed by atoms with Gasteiger partial charge in [0.05, 0.1) is 0 Å². The zero-order valence-corrected chi connectivity index (χ0v) is 6.73. The van der Waals surface area contributed by atoms with Crippen LogP contribution in [0.1, 0.15) is 6.42 Å². The van der Waals surface area contributed by atoms with E-state index in [0.717, 1.165) is 0 Å². The standard InChI is InChI=1S/C6H10BNO4/c1-7(12)8-3-4(9)2-5(8)6(10)11/h5,12H,2-3H2,1H3,(H,10,11)/t5-/m1/s1. The molecule has 0 aliphatic carbocycles. The Balaban J connectivity index is 2.72. The lowest BCUT2D eigenvalue weighted by molar-refractivity contribution is -0.141. The van der Waals surface area contributed by atoms with Gasteiger partial charge in [-0.15, -0.1) is 0 Å². The van der Waals surface area contributed by atoms with Gasteiger partial charge in [-0.3, -0.25) is 14.4 Å². The van der Waals surface area contributed by atoms with Gasteiger partial charge in [0.25, 0.3) is 0 Å². The van der Waals surface area contributed by atoms with E-state index < -0.39 is 19.1 Å². The normalized spacial score (nSPS) is 24.5. The van der Waals surface area contributed by atoms with E-state index in [2.05, 4.69) is 0 Å². The molecule has 6 heteroatoms. The van der Waals surface area contributed by atoms with Gasteiger partial charge in [0.1, 0.15) is 11.8 Å². The van der Waals surface area contributed by atoms with Crippen molar-refractivity contribution < 1.29 is 19.7 Å². The molecule has 0 amide bonds. The van der Waals surface area contributed by atoms with Crippen LogP contribution < -0.4 is 0 Å². The van der Waals surface area contributed by atoms with Gasteiger partial charge in [0, 0.05) is 13.0 Å². The van der Waals surface area contributed by atoms with Crippen molar-refractivity contribution in [3.05, 3.63) is 0 Å². The molecule has 0 bridgehead atoms. The van der Waals surface area contributed by atoms with Crippen molar-refractivity contribution in [3.63, 3.8) is 0 Å². The molecule has 0 aromatic heterocycles. The minimum atomic E-state index is -1.05. The summed E-state index contributed by atoms with van der Waals surface area (Å²) in [7, 11) is -0.877. The molecular weight excluding hydrogens is 161 g/mol. The first-order chi connectivity index (χ1) is 5.52. The summed E-state index contributed by atoms with van der Waals surface area (Å²) < 4.78 is 0. The van der Waals surface area contributed by atoms with Gasteiger partial charge in [-0.25, -0.2) is 0 Å². The van der Waals surface area contributed by atoms with Crippen LogP contribution in [0.15, 0.2) is 0 Å². The average molecular weight is 171 g/mol. The quantitative estimate of drug-likeness (QED) is 0.511. The van der Waals surface area contributed by atoms with E-state index >= 15 is 0 Å². The molecule has 0 unspecified atom stereocenters. The van der Waals surface area contributed by atoms with Crippen LogP contribution in [0.5, 0.6) is 0 Å². The number of carboxylic acids is 1. The minimum Gasteiger partial charge on any atom is -0.480 e. The molecule has 5 nitrogen and oxygen atoms in total. The number of carboxylic acid groups (broad SMARTS) is 1. The summed E-state index contributed by atoms with van der Waals surface area (Å²) >= 11 is 0. The fraction of sp³-hybridized carbons (Fsp3) is 0.667. The molecule has 1 atom stereocenters. The zero-order chi connectivity index (χ0) is 9.30. The van der Waals surface area contributed by atoms with Crippen LogP contribution in [0.3, 0.4) is 0 Å². The highest BCUT2D eigenvalue weighted by molar-refractivity contribution is 6.46. The number of hydrogen-bond acceptors (Lipinski definition) is 4. The third kappa shape index (κ3) is 1.65. The number of Topliss-reactive ketones (excluding diaryl/α,β-unsaturated/α-hetero) is 1. The first-order valence-electron chi connectivity index (χ1n) is 3.70. The number of carbonyl (C=O) groups is 2. The highest BCUT2D eigenvalue weighted by Gasteiger charge is 2.39. The summed E-state index contributed by atoms with van der Waals surface area (Å²) in [5, 5.41) is 17.7. The smallest absolute Gasteiger partial charge is 0.377 e. The number of hydrogen-bond donors (Lipinski definition) is 2. The summed E-state index contributed by atoms with van der Waals surface area (Å²) in [4.78, 5) is 22.7. The molecule has 1 fully saturated rings. The van der Waals surface area contributed by atoms with Crippen molar-refractivity contribution in [1.29, 1.82) is 0 Å². The maximum Gasteiger partial charge on any atom is 0.377 e. The number of aliphatic carboxylic acids is 1.